The number of unbranched alkanes of at least 4 members (excludes halogenated alkanes) is 3. The average molecular weight is 514 g/mol. The molecule has 0 fully saturated rings. The van der Waals surface area contributed by atoms with Crippen molar-refractivity contribution in [1.82, 2.24) is 4.98 Å². The molecule has 0 amide bonds. The van der Waals surface area contributed by atoms with E-state index in [0.717, 1.165) is 5.89 Å². The first kappa shape index (κ1) is 26.2. The van der Waals surface area contributed by atoms with Gasteiger partial charge in [-0.1, -0.05) is 0 Å². The molecular formula is C23H45NO2SiSn. The Morgan fingerprint density at radius 3 is 1.89 bits per heavy atom. The minimum absolute atomic E-state index is 0.217. The van der Waals surface area contributed by atoms with E-state index in [2.05, 4.69) is 59.6 Å². The Morgan fingerprint density at radius 1 is 0.964 bits per heavy atom. The van der Waals surface area contributed by atoms with Crippen LogP contribution in [-0.4, -0.2) is 34.4 Å². The summed E-state index contributed by atoms with van der Waals surface area (Å²) in [7, 11) is -1.76. The van der Waals surface area contributed by atoms with Gasteiger partial charge in [0.25, 0.3) is 0 Å². The second kappa shape index (κ2) is 12.1. The zero-order valence-corrected chi connectivity index (χ0v) is 23.8. The van der Waals surface area contributed by atoms with Gasteiger partial charge in [0, 0.05) is 0 Å². The van der Waals surface area contributed by atoms with Crippen LogP contribution in [0.4, 0.5) is 0 Å². The number of nitrogens with zero attached hydrogens (tertiary/aromatic N) is 1. The molecule has 0 saturated carbocycles. The summed E-state index contributed by atoms with van der Waals surface area (Å²) < 4.78 is 14.3. The van der Waals surface area contributed by atoms with Crippen LogP contribution in [0.15, 0.2) is 10.6 Å². The van der Waals surface area contributed by atoms with Crippen molar-refractivity contribution >= 4 is 33.2 Å². The fraction of sp³-hybridized carbons (Fsp3) is 0.870. The quantitative estimate of drug-likeness (QED) is 0.245. The fourth-order valence-electron chi connectivity index (χ4n) is 3.26. The van der Waals surface area contributed by atoms with Crippen LogP contribution in [0, 0.1) is 0 Å². The van der Waals surface area contributed by atoms with Gasteiger partial charge in [0.2, 0.25) is 0 Å². The van der Waals surface area contributed by atoms with E-state index in [1.807, 2.05) is 6.20 Å². The molecule has 0 atom stereocenters. The Hall–Kier alpha value is 0.186. The molecule has 162 valence electrons. The molecule has 28 heavy (non-hydrogen) atoms. The Morgan fingerprint density at radius 2 is 1.46 bits per heavy atom. The molecule has 0 saturated heterocycles. The average Bonchev–Trinajstić information content (AvgIpc) is 3.07. The Labute approximate surface area is 186 Å². The standard InChI is InChI=1S/C13H27.C10H18NO2Si.Sn/c1-4-7-10-13(11-8-5-2)12-9-6-3;1-10(2,3)14(4,5)13-8-9-11-6-7-12-9;/h4-12H2,1-3H3;6H,8H2,1-5H3;. The van der Waals surface area contributed by atoms with Crippen LogP contribution < -0.4 is 3.78 Å². The molecule has 0 unspecified atom stereocenters. The minimum atomic E-state index is -1.76. The molecule has 0 bridgehead atoms. The molecule has 1 heterocycles. The fourth-order valence-corrected chi connectivity index (χ4v) is 9.11. The second-order valence-electron chi connectivity index (χ2n) is 9.88. The first-order valence-electron chi connectivity index (χ1n) is 11.5. The van der Waals surface area contributed by atoms with Gasteiger partial charge in [0.05, 0.1) is 0 Å². The number of rotatable bonds is 14. The second-order valence-corrected chi connectivity index (χ2v) is 19.8. The van der Waals surface area contributed by atoms with Crippen LogP contribution in [0.5, 0.6) is 0 Å². The van der Waals surface area contributed by atoms with Crippen molar-refractivity contribution < 1.29 is 8.84 Å². The van der Waals surface area contributed by atoms with Gasteiger partial charge in [-0.2, -0.15) is 0 Å². The molecule has 1 rings (SSSR count). The van der Waals surface area contributed by atoms with Crippen molar-refractivity contribution in [3.8, 4) is 0 Å². The predicted molar refractivity (Wildman–Crippen MR) is 125 cm³/mol. The summed E-state index contributed by atoms with van der Waals surface area (Å²) in [6, 6.07) is 0. The zero-order valence-electron chi connectivity index (χ0n) is 19.9. The summed E-state index contributed by atoms with van der Waals surface area (Å²) in [4.78, 5) is 4.60. The van der Waals surface area contributed by atoms with E-state index in [1.54, 1.807) is 0 Å². The molecule has 1 aromatic heterocycles. The maximum atomic E-state index is 6.32. The van der Waals surface area contributed by atoms with Gasteiger partial charge in [-0.15, -0.1) is 0 Å². The summed E-state index contributed by atoms with van der Waals surface area (Å²) in [5, 5.41) is 0.217. The van der Waals surface area contributed by atoms with Crippen molar-refractivity contribution in [2.75, 3.05) is 0 Å². The maximum absolute atomic E-state index is 6.32. The van der Waals surface area contributed by atoms with Crippen molar-refractivity contribution in [1.29, 1.82) is 0 Å². The molecule has 1 aromatic rings. The first-order valence-corrected chi connectivity index (χ1v) is 17.2. The number of oxazole rings is 1. The molecule has 2 radical (unpaired) electrons. The molecule has 0 N–H and O–H groups in total. The summed E-state index contributed by atoms with van der Waals surface area (Å²) in [6.07, 6.45) is 14.1. The molecule has 0 aliphatic heterocycles. The third-order valence-corrected chi connectivity index (χ3v) is 15.8. The van der Waals surface area contributed by atoms with Crippen molar-refractivity contribution in [3.63, 3.8) is 0 Å². The van der Waals surface area contributed by atoms with Gasteiger partial charge in [0.1, 0.15) is 0 Å². The van der Waals surface area contributed by atoms with Crippen LogP contribution in [0.1, 0.15) is 105 Å². The van der Waals surface area contributed by atoms with Gasteiger partial charge in [-0.3, -0.25) is 0 Å². The number of hydrogen-bond acceptors (Lipinski definition) is 3. The van der Waals surface area contributed by atoms with Crippen LogP contribution in [-0.2, 0) is 11.0 Å². The molecular weight excluding hydrogens is 469 g/mol. The van der Waals surface area contributed by atoms with Crippen LogP contribution in [0.2, 0.25) is 21.6 Å². The SMILES string of the molecule is CCCC[C](CCCC)(CCCC)[Sn][c]1cnc(CO[Si](C)(C)C(C)(C)C)o1. The topological polar surface area (TPSA) is 35.3 Å². The number of aromatic nitrogens is 1. The molecule has 0 aliphatic rings. The van der Waals surface area contributed by atoms with E-state index >= 15 is 0 Å². The van der Waals surface area contributed by atoms with Gasteiger partial charge in [0.15, 0.2) is 0 Å². The molecule has 0 aromatic carbocycles. The Kier molecular flexibility index (Phi) is 11.4. The van der Waals surface area contributed by atoms with Crippen LogP contribution in [0.25, 0.3) is 0 Å². The molecule has 5 heteroatoms. The van der Waals surface area contributed by atoms with Crippen molar-refractivity contribution in [2.24, 2.45) is 0 Å². The number of hydrogen-bond donors (Lipinski definition) is 0. The molecule has 0 spiro atoms. The third kappa shape index (κ3) is 8.51. The normalized spacial score (nSPS) is 13.3. The zero-order chi connectivity index (χ0) is 21.3. The van der Waals surface area contributed by atoms with E-state index in [9.17, 15) is 0 Å². The van der Waals surface area contributed by atoms with E-state index < -0.39 is 29.5 Å². The van der Waals surface area contributed by atoms with Crippen LogP contribution >= 0.6 is 0 Å². The van der Waals surface area contributed by atoms with E-state index in [4.69, 9.17) is 8.84 Å². The third-order valence-electron chi connectivity index (χ3n) is 6.33. The van der Waals surface area contributed by atoms with E-state index in [-0.39, 0.29) is 5.04 Å². The Bertz CT molecular complexity index is 529. The van der Waals surface area contributed by atoms with Crippen molar-refractivity contribution in [2.45, 2.75) is 127 Å². The van der Waals surface area contributed by atoms with E-state index in [1.165, 1.54) is 61.6 Å². The predicted octanol–water partition coefficient (Wildman–Crippen LogP) is 7.26. The van der Waals surface area contributed by atoms with Crippen molar-refractivity contribution in [3.05, 3.63) is 12.1 Å². The van der Waals surface area contributed by atoms with Gasteiger partial charge in [-0.05, 0) is 0 Å². The molecule has 3 nitrogen and oxygen atoms in total. The summed E-state index contributed by atoms with van der Waals surface area (Å²) in [5.74, 6) is 0.788. The van der Waals surface area contributed by atoms with Gasteiger partial charge >= 0.3 is 187 Å². The first-order chi connectivity index (χ1) is 13.1. The summed E-state index contributed by atoms with van der Waals surface area (Å²) >= 11 is -0.838. The summed E-state index contributed by atoms with van der Waals surface area (Å²) in [5.41, 5.74) is 0. The van der Waals surface area contributed by atoms with Gasteiger partial charge < -0.3 is 0 Å². The Balaban J connectivity index is 2.85. The molecule has 0 aliphatic carbocycles. The summed E-state index contributed by atoms with van der Waals surface area (Å²) in [6.45, 7) is 18.9. The van der Waals surface area contributed by atoms with Gasteiger partial charge in [-0.25, -0.2) is 0 Å². The monoisotopic (exact) mass is 515 g/mol. The van der Waals surface area contributed by atoms with E-state index in [0.29, 0.717) is 10.0 Å². The van der Waals surface area contributed by atoms with Crippen LogP contribution in [0.3, 0.4) is 0 Å².